The van der Waals surface area contributed by atoms with Crippen LogP contribution in [0.1, 0.15) is 14.8 Å². The average molecular weight is 432 g/mol. The Balaban J connectivity index is 1.52. The van der Waals surface area contributed by atoms with E-state index in [0.717, 1.165) is 15.8 Å². The van der Waals surface area contributed by atoms with E-state index in [9.17, 15) is 9.59 Å². The summed E-state index contributed by atoms with van der Waals surface area (Å²) in [7, 11) is 0. The molecule has 0 bridgehead atoms. The maximum absolute atomic E-state index is 12.1. The van der Waals surface area contributed by atoms with Gasteiger partial charge in [0.2, 0.25) is 5.01 Å². The van der Waals surface area contributed by atoms with Crippen molar-refractivity contribution in [2.24, 2.45) is 0 Å². The minimum atomic E-state index is -0.367. The van der Waals surface area contributed by atoms with Gasteiger partial charge in [-0.05, 0) is 30.3 Å². The Labute approximate surface area is 162 Å². The van der Waals surface area contributed by atoms with Crippen LogP contribution in [0, 0.1) is 0 Å². The first-order chi connectivity index (χ1) is 12.6. The smallest absolute Gasteiger partial charge is 0.319 e. The summed E-state index contributed by atoms with van der Waals surface area (Å²) in [5.74, 6) is -0.335. The van der Waals surface area contributed by atoms with Gasteiger partial charge in [0, 0.05) is 15.8 Å². The predicted molar refractivity (Wildman–Crippen MR) is 104 cm³/mol. The number of urea groups is 1. The average Bonchev–Trinajstić information content (AvgIpc) is 3.10. The Morgan fingerprint density at radius 3 is 2.50 bits per heavy atom. The number of nitrogens with zero attached hydrogens (tertiary/aromatic N) is 2. The Morgan fingerprint density at radius 2 is 1.73 bits per heavy atom. The molecule has 0 saturated heterocycles. The standard InChI is InChI=1S/C17H14BrN5O2S/c18-11-5-4-8-13(9-11)21-17(25)19-10-14-22-23-16(26-14)15(24)20-12-6-2-1-3-7-12/h1-9H,10H2,(H,20,24)(H2,19,21,25). The summed E-state index contributed by atoms with van der Waals surface area (Å²) >= 11 is 4.47. The Hall–Kier alpha value is -2.78. The van der Waals surface area contributed by atoms with Crippen molar-refractivity contribution >= 4 is 50.6 Å². The minimum Gasteiger partial charge on any atom is -0.331 e. The summed E-state index contributed by atoms with van der Waals surface area (Å²) in [5.41, 5.74) is 1.35. The first-order valence-corrected chi connectivity index (χ1v) is 9.20. The molecule has 0 aliphatic carbocycles. The zero-order valence-electron chi connectivity index (χ0n) is 13.4. The highest BCUT2D eigenvalue weighted by Crippen LogP contribution is 2.16. The predicted octanol–water partition coefficient (Wildman–Crippen LogP) is 3.87. The number of hydrogen-bond acceptors (Lipinski definition) is 5. The molecule has 26 heavy (non-hydrogen) atoms. The van der Waals surface area contributed by atoms with Gasteiger partial charge < -0.3 is 16.0 Å². The number of rotatable bonds is 5. The van der Waals surface area contributed by atoms with Crippen molar-refractivity contribution < 1.29 is 9.59 Å². The number of aromatic nitrogens is 2. The van der Waals surface area contributed by atoms with Gasteiger partial charge in [-0.3, -0.25) is 4.79 Å². The number of amides is 3. The second-order valence-electron chi connectivity index (χ2n) is 5.14. The molecule has 1 heterocycles. The van der Waals surface area contributed by atoms with E-state index in [0.29, 0.717) is 16.4 Å². The summed E-state index contributed by atoms with van der Waals surface area (Å²) in [6.07, 6.45) is 0. The molecule has 0 atom stereocenters. The van der Waals surface area contributed by atoms with Crippen LogP contribution < -0.4 is 16.0 Å². The van der Waals surface area contributed by atoms with Crippen LogP contribution in [0.25, 0.3) is 0 Å². The molecule has 0 aliphatic rings. The van der Waals surface area contributed by atoms with E-state index in [1.807, 2.05) is 30.3 Å². The molecule has 0 saturated carbocycles. The van der Waals surface area contributed by atoms with Gasteiger partial charge in [-0.2, -0.15) is 0 Å². The third-order valence-electron chi connectivity index (χ3n) is 3.18. The van der Waals surface area contributed by atoms with Crippen LogP contribution in [0.2, 0.25) is 0 Å². The molecule has 0 radical (unpaired) electrons. The van der Waals surface area contributed by atoms with E-state index < -0.39 is 0 Å². The highest BCUT2D eigenvalue weighted by atomic mass is 79.9. The number of nitrogens with one attached hydrogen (secondary N) is 3. The fourth-order valence-electron chi connectivity index (χ4n) is 2.02. The molecule has 7 nitrogen and oxygen atoms in total. The molecule has 9 heteroatoms. The molecular formula is C17H14BrN5O2S. The van der Waals surface area contributed by atoms with Crippen LogP contribution in [-0.2, 0) is 6.54 Å². The van der Waals surface area contributed by atoms with Crippen LogP contribution in [0.5, 0.6) is 0 Å². The number of carbonyl (C=O) groups excluding carboxylic acids is 2. The first-order valence-electron chi connectivity index (χ1n) is 7.59. The van der Waals surface area contributed by atoms with Gasteiger partial charge in [0.05, 0.1) is 6.54 Å². The number of halogens is 1. The van der Waals surface area contributed by atoms with Crippen molar-refractivity contribution in [3.63, 3.8) is 0 Å². The Kier molecular flexibility index (Phi) is 5.92. The lowest BCUT2D eigenvalue weighted by atomic mass is 10.3. The minimum absolute atomic E-state index is 0.177. The summed E-state index contributed by atoms with van der Waals surface area (Å²) in [6.45, 7) is 0.177. The van der Waals surface area contributed by atoms with Crippen LogP contribution >= 0.6 is 27.3 Å². The molecule has 0 spiro atoms. The molecule has 3 rings (SSSR count). The first kappa shape index (κ1) is 18.0. The SMILES string of the molecule is O=C(NCc1nnc(C(=O)Nc2ccccc2)s1)Nc1cccc(Br)c1. The van der Waals surface area contributed by atoms with Gasteiger partial charge in [-0.1, -0.05) is 51.5 Å². The van der Waals surface area contributed by atoms with Crippen LogP contribution in [0.4, 0.5) is 16.2 Å². The van der Waals surface area contributed by atoms with Crippen molar-refractivity contribution in [3.05, 3.63) is 69.1 Å². The van der Waals surface area contributed by atoms with Crippen molar-refractivity contribution in [1.82, 2.24) is 15.5 Å². The lowest BCUT2D eigenvalue weighted by Crippen LogP contribution is -2.28. The fraction of sp³-hybridized carbons (Fsp3) is 0.0588. The highest BCUT2D eigenvalue weighted by molar-refractivity contribution is 9.10. The molecule has 3 N–H and O–H groups in total. The van der Waals surface area contributed by atoms with Gasteiger partial charge in [0.25, 0.3) is 5.91 Å². The summed E-state index contributed by atoms with van der Waals surface area (Å²) in [4.78, 5) is 24.0. The second-order valence-corrected chi connectivity index (χ2v) is 7.12. The van der Waals surface area contributed by atoms with Gasteiger partial charge in [-0.15, -0.1) is 10.2 Å². The van der Waals surface area contributed by atoms with Gasteiger partial charge in [0.1, 0.15) is 5.01 Å². The van der Waals surface area contributed by atoms with Crippen molar-refractivity contribution in [2.45, 2.75) is 6.54 Å². The van der Waals surface area contributed by atoms with Crippen LogP contribution in [0.15, 0.2) is 59.1 Å². The number of benzene rings is 2. The third kappa shape index (κ3) is 5.11. The molecule has 3 aromatic rings. The number of anilines is 2. The second kappa shape index (κ2) is 8.54. The lowest BCUT2D eigenvalue weighted by molar-refractivity contribution is 0.102. The van der Waals surface area contributed by atoms with E-state index in [2.05, 4.69) is 42.1 Å². The zero-order chi connectivity index (χ0) is 18.4. The maximum atomic E-state index is 12.1. The molecule has 3 amide bonds. The normalized spacial score (nSPS) is 10.2. The molecule has 0 unspecified atom stereocenters. The van der Waals surface area contributed by atoms with E-state index in [-0.39, 0.29) is 23.5 Å². The fourth-order valence-corrected chi connectivity index (χ4v) is 3.09. The molecule has 0 fully saturated rings. The quantitative estimate of drug-likeness (QED) is 0.570. The Morgan fingerprint density at radius 1 is 0.962 bits per heavy atom. The monoisotopic (exact) mass is 431 g/mol. The van der Waals surface area contributed by atoms with Crippen molar-refractivity contribution in [3.8, 4) is 0 Å². The van der Waals surface area contributed by atoms with E-state index in [1.54, 1.807) is 24.3 Å². The largest absolute Gasteiger partial charge is 0.331 e. The van der Waals surface area contributed by atoms with Crippen LogP contribution in [-0.4, -0.2) is 22.1 Å². The molecule has 2 aromatic carbocycles. The summed E-state index contributed by atoms with van der Waals surface area (Å²) in [6, 6.07) is 16.0. The van der Waals surface area contributed by atoms with Gasteiger partial charge in [0.15, 0.2) is 0 Å². The van der Waals surface area contributed by atoms with Crippen LogP contribution in [0.3, 0.4) is 0 Å². The summed E-state index contributed by atoms with van der Waals surface area (Å²) in [5, 5.41) is 16.7. The molecule has 1 aromatic heterocycles. The lowest BCUT2D eigenvalue weighted by Gasteiger charge is -2.06. The van der Waals surface area contributed by atoms with E-state index in [4.69, 9.17) is 0 Å². The topological polar surface area (TPSA) is 96.0 Å². The van der Waals surface area contributed by atoms with Gasteiger partial charge >= 0.3 is 6.03 Å². The number of para-hydroxylation sites is 1. The van der Waals surface area contributed by atoms with Gasteiger partial charge in [-0.25, -0.2) is 4.79 Å². The number of hydrogen-bond donors (Lipinski definition) is 3. The number of carbonyl (C=O) groups is 2. The summed E-state index contributed by atoms with van der Waals surface area (Å²) < 4.78 is 0.869. The van der Waals surface area contributed by atoms with Crippen molar-refractivity contribution in [2.75, 3.05) is 10.6 Å². The van der Waals surface area contributed by atoms with E-state index in [1.165, 1.54) is 0 Å². The zero-order valence-corrected chi connectivity index (χ0v) is 15.8. The molecular weight excluding hydrogens is 418 g/mol. The third-order valence-corrected chi connectivity index (χ3v) is 4.59. The molecule has 132 valence electrons. The van der Waals surface area contributed by atoms with E-state index >= 15 is 0 Å². The highest BCUT2D eigenvalue weighted by Gasteiger charge is 2.13. The maximum Gasteiger partial charge on any atom is 0.319 e. The van der Waals surface area contributed by atoms with Crippen molar-refractivity contribution in [1.29, 1.82) is 0 Å². The Bertz CT molecular complexity index is 916. The molecule has 0 aliphatic heterocycles.